The Balaban J connectivity index is 1.67. The molecule has 15 heavy (non-hydrogen) atoms. The molecule has 0 aliphatic heterocycles. The van der Waals surface area contributed by atoms with Crippen molar-refractivity contribution < 1.29 is 0 Å². The number of nitrogens with one attached hydrogen (secondary N) is 1. The molecule has 0 spiro atoms. The predicted octanol–water partition coefficient (Wildman–Crippen LogP) is 0.661. The summed E-state index contributed by atoms with van der Waals surface area (Å²) in [7, 11) is 0. The van der Waals surface area contributed by atoms with Gasteiger partial charge in [-0.15, -0.1) is 0 Å². The van der Waals surface area contributed by atoms with E-state index in [0.29, 0.717) is 12.1 Å². The molecule has 1 aromatic rings. The van der Waals surface area contributed by atoms with Crippen molar-refractivity contribution in [2.45, 2.75) is 44.8 Å². The van der Waals surface area contributed by atoms with E-state index in [1.54, 1.807) is 0 Å². The molecule has 0 aromatic carbocycles. The van der Waals surface area contributed by atoms with Gasteiger partial charge in [-0.25, -0.2) is 0 Å². The summed E-state index contributed by atoms with van der Waals surface area (Å²) in [6, 6.07) is 1.03. The first-order valence-corrected chi connectivity index (χ1v) is 5.72. The van der Waals surface area contributed by atoms with Crippen LogP contribution in [0, 0.1) is 6.92 Å². The van der Waals surface area contributed by atoms with E-state index in [2.05, 4.69) is 23.5 Å². The fourth-order valence-corrected chi connectivity index (χ4v) is 2.17. The van der Waals surface area contributed by atoms with Gasteiger partial charge in [-0.1, -0.05) is 0 Å². The topological polar surface area (TPSA) is 55.9 Å². The Labute approximate surface area is 90.8 Å². The minimum atomic E-state index is 0.412. The normalized spacial score (nSPS) is 26.0. The van der Waals surface area contributed by atoms with Gasteiger partial charge in [0, 0.05) is 24.8 Å². The van der Waals surface area contributed by atoms with Crippen molar-refractivity contribution in [3.63, 3.8) is 0 Å². The average molecular weight is 208 g/mol. The summed E-state index contributed by atoms with van der Waals surface area (Å²) >= 11 is 0. The van der Waals surface area contributed by atoms with E-state index in [1.807, 2.05) is 10.9 Å². The molecule has 4 nitrogen and oxygen atoms in total. The van der Waals surface area contributed by atoms with E-state index in [0.717, 1.165) is 19.5 Å². The highest BCUT2D eigenvalue weighted by Gasteiger charge is 2.20. The number of hydrogen-bond acceptors (Lipinski definition) is 3. The minimum Gasteiger partial charge on any atom is -0.328 e. The van der Waals surface area contributed by atoms with Crippen LogP contribution in [-0.4, -0.2) is 28.4 Å². The Kier molecular flexibility index (Phi) is 3.38. The zero-order chi connectivity index (χ0) is 10.7. The van der Waals surface area contributed by atoms with Gasteiger partial charge in [-0.05, 0) is 31.7 Å². The average Bonchev–Trinajstić information content (AvgIpc) is 2.76. The SMILES string of the molecule is Cc1cnn(CCNC2CCC(N)C2)c1. The van der Waals surface area contributed by atoms with E-state index in [9.17, 15) is 0 Å². The fraction of sp³-hybridized carbons (Fsp3) is 0.727. The third kappa shape index (κ3) is 3.04. The van der Waals surface area contributed by atoms with Crippen molar-refractivity contribution in [3.8, 4) is 0 Å². The van der Waals surface area contributed by atoms with Crippen LogP contribution in [0.4, 0.5) is 0 Å². The number of nitrogens with two attached hydrogens (primary N) is 1. The van der Waals surface area contributed by atoms with Crippen LogP contribution >= 0.6 is 0 Å². The van der Waals surface area contributed by atoms with Gasteiger partial charge < -0.3 is 11.1 Å². The molecule has 1 aliphatic carbocycles. The number of aromatic nitrogens is 2. The maximum absolute atomic E-state index is 5.85. The van der Waals surface area contributed by atoms with Gasteiger partial charge in [0.05, 0.1) is 12.7 Å². The van der Waals surface area contributed by atoms with E-state index >= 15 is 0 Å². The molecule has 4 heteroatoms. The van der Waals surface area contributed by atoms with Crippen LogP contribution in [-0.2, 0) is 6.54 Å². The van der Waals surface area contributed by atoms with Crippen LogP contribution in [0.15, 0.2) is 12.4 Å². The molecule has 1 aromatic heterocycles. The summed E-state index contributed by atoms with van der Waals surface area (Å²) < 4.78 is 1.98. The first-order chi connectivity index (χ1) is 7.24. The third-order valence-electron chi connectivity index (χ3n) is 3.01. The summed E-state index contributed by atoms with van der Waals surface area (Å²) in [5, 5.41) is 7.78. The van der Waals surface area contributed by atoms with Gasteiger partial charge in [0.25, 0.3) is 0 Å². The van der Waals surface area contributed by atoms with Gasteiger partial charge in [-0.3, -0.25) is 4.68 Å². The zero-order valence-corrected chi connectivity index (χ0v) is 9.32. The molecule has 84 valence electrons. The van der Waals surface area contributed by atoms with E-state index in [4.69, 9.17) is 5.73 Å². The largest absolute Gasteiger partial charge is 0.328 e. The maximum atomic E-state index is 5.85. The second-order valence-corrected chi connectivity index (χ2v) is 4.50. The second kappa shape index (κ2) is 4.77. The predicted molar refractivity (Wildman–Crippen MR) is 60.6 cm³/mol. The number of hydrogen-bond donors (Lipinski definition) is 2. The fourth-order valence-electron chi connectivity index (χ4n) is 2.17. The standard InChI is InChI=1S/C11H20N4/c1-9-7-14-15(8-9)5-4-13-11-3-2-10(12)6-11/h7-8,10-11,13H,2-6,12H2,1H3. The van der Waals surface area contributed by atoms with Crippen LogP contribution in [0.25, 0.3) is 0 Å². The lowest BCUT2D eigenvalue weighted by molar-refractivity contribution is 0.476. The molecule has 0 amide bonds. The molecular weight excluding hydrogens is 188 g/mol. The lowest BCUT2D eigenvalue weighted by Gasteiger charge is -2.11. The highest BCUT2D eigenvalue weighted by Crippen LogP contribution is 2.16. The van der Waals surface area contributed by atoms with Crippen molar-refractivity contribution in [1.82, 2.24) is 15.1 Å². The molecule has 1 aliphatic rings. The van der Waals surface area contributed by atoms with Crippen molar-refractivity contribution in [3.05, 3.63) is 18.0 Å². The van der Waals surface area contributed by atoms with Crippen LogP contribution in [0.1, 0.15) is 24.8 Å². The van der Waals surface area contributed by atoms with E-state index < -0.39 is 0 Å². The Morgan fingerprint density at radius 2 is 2.47 bits per heavy atom. The minimum absolute atomic E-state index is 0.412. The first kappa shape index (κ1) is 10.6. The van der Waals surface area contributed by atoms with Gasteiger partial charge in [-0.2, -0.15) is 5.10 Å². The molecule has 1 heterocycles. The molecule has 0 saturated heterocycles. The van der Waals surface area contributed by atoms with Gasteiger partial charge in [0.1, 0.15) is 0 Å². The quantitative estimate of drug-likeness (QED) is 0.764. The van der Waals surface area contributed by atoms with Crippen molar-refractivity contribution in [1.29, 1.82) is 0 Å². The third-order valence-corrected chi connectivity index (χ3v) is 3.01. The summed E-state index contributed by atoms with van der Waals surface area (Å²) in [4.78, 5) is 0. The Bertz CT molecular complexity index is 307. The lowest BCUT2D eigenvalue weighted by Crippen LogP contribution is -2.31. The highest BCUT2D eigenvalue weighted by atomic mass is 15.3. The number of nitrogens with zero attached hydrogens (tertiary/aromatic N) is 2. The summed E-state index contributed by atoms with van der Waals surface area (Å²) in [5.41, 5.74) is 7.07. The van der Waals surface area contributed by atoms with Crippen molar-refractivity contribution in [2.75, 3.05) is 6.54 Å². The Morgan fingerprint density at radius 3 is 3.07 bits per heavy atom. The monoisotopic (exact) mass is 208 g/mol. The first-order valence-electron chi connectivity index (χ1n) is 5.72. The van der Waals surface area contributed by atoms with Gasteiger partial charge in [0.15, 0.2) is 0 Å². The molecule has 1 fully saturated rings. The summed E-state index contributed by atoms with van der Waals surface area (Å²) in [6.07, 6.45) is 7.48. The van der Waals surface area contributed by atoms with Crippen molar-refractivity contribution in [2.24, 2.45) is 5.73 Å². The number of aryl methyl sites for hydroxylation is 1. The molecule has 2 atom stereocenters. The molecule has 0 bridgehead atoms. The highest BCUT2D eigenvalue weighted by molar-refractivity contribution is 4.99. The number of rotatable bonds is 4. The van der Waals surface area contributed by atoms with Crippen LogP contribution in [0.5, 0.6) is 0 Å². The Morgan fingerprint density at radius 1 is 1.60 bits per heavy atom. The molecule has 3 N–H and O–H groups in total. The summed E-state index contributed by atoms with van der Waals surface area (Å²) in [6.45, 7) is 3.99. The van der Waals surface area contributed by atoms with Gasteiger partial charge in [0.2, 0.25) is 0 Å². The van der Waals surface area contributed by atoms with Crippen molar-refractivity contribution >= 4 is 0 Å². The Hall–Kier alpha value is -0.870. The second-order valence-electron chi connectivity index (χ2n) is 4.50. The zero-order valence-electron chi connectivity index (χ0n) is 9.32. The van der Waals surface area contributed by atoms with Crippen LogP contribution in [0.2, 0.25) is 0 Å². The molecular formula is C11H20N4. The molecule has 1 saturated carbocycles. The molecule has 2 rings (SSSR count). The van der Waals surface area contributed by atoms with E-state index in [1.165, 1.54) is 18.4 Å². The molecule has 0 radical (unpaired) electrons. The van der Waals surface area contributed by atoms with E-state index in [-0.39, 0.29) is 0 Å². The lowest BCUT2D eigenvalue weighted by atomic mass is 10.2. The summed E-state index contributed by atoms with van der Waals surface area (Å²) in [5.74, 6) is 0. The smallest absolute Gasteiger partial charge is 0.0534 e. The van der Waals surface area contributed by atoms with Crippen LogP contribution in [0.3, 0.4) is 0 Å². The molecule has 2 unspecified atom stereocenters. The van der Waals surface area contributed by atoms with Gasteiger partial charge >= 0.3 is 0 Å². The van der Waals surface area contributed by atoms with Crippen LogP contribution < -0.4 is 11.1 Å². The maximum Gasteiger partial charge on any atom is 0.0534 e.